The summed E-state index contributed by atoms with van der Waals surface area (Å²) in [7, 11) is 0. The third-order valence-corrected chi connectivity index (χ3v) is 3.01. The van der Waals surface area contributed by atoms with Crippen molar-refractivity contribution in [3.63, 3.8) is 0 Å². The van der Waals surface area contributed by atoms with Gasteiger partial charge in [0.25, 0.3) is 0 Å². The first-order chi connectivity index (χ1) is 8.77. The molecule has 0 saturated heterocycles. The number of nitrogens with one attached hydrogen (secondary N) is 1. The highest BCUT2D eigenvalue weighted by molar-refractivity contribution is 7.08. The van der Waals surface area contributed by atoms with E-state index >= 15 is 0 Å². The number of anilines is 1. The summed E-state index contributed by atoms with van der Waals surface area (Å²) in [5.41, 5.74) is 1.24. The van der Waals surface area contributed by atoms with Crippen LogP contribution in [-0.2, 0) is 0 Å². The van der Waals surface area contributed by atoms with E-state index < -0.39 is 5.97 Å². The van der Waals surface area contributed by atoms with Gasteiger partial charge in [0, 0.05) is 17.6 Å². The van der Waals surface area contributed by atoms with E-state index in [1.807, 2.05) is 16.8 Å². The van der Waals surface area contributed by atoms with Gasteiger partial charge in [-0.15, -0.1) is 0 Å². The number of para-hydroxylation sites is 1. The minimum absolute atomic E-state index is 0.188. The molecule has 5 heteroatoms. The monoisotopic (exact) mass is 263 g/mol. The smallest absolute Gasteiger partial charge is 0.339 e. The molecule has 2 rings (SSSR count). The van der Waals surface area contributed by atoms with Gasteiger partial charge in [-0.2, -0.15) is 11.3 Å². The maximum absolute atomic E-state index is 10.9. The Morgan fingerprint density at radius 2 is 2.17 bits per heavy atom. The highest BCUT2D eigenvalue weighted by Crippen LogP contribution is 2.17. The number of thiophene rings is 1. The van der Waals surface area contributed by atoms with Crippen LogP contribution in [0, 0.1) is 0 Å². The summed E-state index contributed by atoms with van der Waals surface area (Å²) in [4.78, 5) is 10.9. The van der Waals surface area contributed by atoms with Crippen molar-refractivity contribution in [2.45, 2.75) is 0 Å². The Morgan fingerprint density at radius 3 is 2.89 bits per heavy atom. The zero-order valence-electron chi connectivity index (χ0n) is 9.63. The maximum atomic E-state index is 10.9. The number of carbonyl (C=O) groups is 1. The molecular weight excluding hydrogens is 250 g/mol. The van der Waals surface area contributed by atoms with Crippen molar-refractivity contribution in [2.24, 2.45) is 0 Å². The first-order valence-corrected chi connectivity index (χ1v) is 6.43. The number of hydrogen-bond donors (Lipinski definition) is 2. The SMILES string of the molecule is O=C(O)c1ccccc1OCCNc1ccsc1. The number of rotatable bonds is 6. The van der Waals surface area contributed by atoms with E-state index in [0.29, 0.717) is 18.9 Å². The normalized spacial score (nSPS) is 10.0. The molecule has 0 fully saturated rings. The topological polar surface area (TPSA) is 58.6 Å². The zero-order chi connectivity index (χ0) is 12.8. The Kier molecular flexibility index (Phi) is 4.20. The van der Waals surface area contributed by atoms with Gasteiger partial charge in [0.2, 0.25) is 0 Å². The second-order valence-corrected chi connectivity index (χ2v) is 4.37. The molecule has 0 atom stereocenters. The Hall–Kier alpha value is -2.01. The van der Waals surface area contributed by atoms with Crippen molar-refractivity contribution in [3.8, 4) is 5.75 Å². The summed E-state index contributed by atoms with van der Waals surface area (Å²) in [6.07, 6.45) is 0. The van der Waals surface area contributed by atoms with Gasteiger partial charge in [0.05, 0.1) is 0 Å². The lowest BCUT2D eigenvalue weighted by Gasteiger charge is -2.09. The van der Waals surface area contributed by atoms with Gasteiger partial charge >= 0.3 is 5.97 Å². The van der Waals surface area contributed by atoms with Crippen LogP contribution in [0.3, 0.4) is 0 Å². The van der Waals surface area contributed by atoms with E-state index in [4.69, 9.17) is 9.84 Å². The highest BCUT2D eigenvalue weighted by atomic mass is 32.1. The fourth-order valence-corrected chi connectivity index (χ4v) is 2.10. The molecule has 1 heterocycles. The van der Waals surface area contributed by atoms with Crippen molar-refractivity contribution in [3.05, 3.63) is 46.7 Å². The van der Waals surface area contributed by atoms with Crippen molar-refractivity contribution >= 4 is 23.0 Å². The predicted octanol–water partition coefficient (Wildman–Crippen LogP) is 2.94. The lowest BCUT2D eigenvalue weighted by Crippen LogP contribution is -2.12. The molecule has 0 spiro atoms. The predicted molar refractivity (Wildman–Crippen MR) is 71.7 cm³/mol. The average molecular weight is 263 g/mol. The number of carboxylic acids is 1. The molecule has 2 aromatic rings. The summed E-state index contributed by atoms with van der Waals surface area (Å²) in [5.74, 6) is -0.575. The molecule has 2 N–H and O–H groups in total. The molecule has 0 aliphatic rings. The standard InChI is InChI=1S/C13H13NO3S/c15-13(16)11-3-1-2-4-12(11)17-7-6-14-10-5-8-18-9-10/h1-5,8-9,14H,6-7H2,(H,15,16). The maximum Gasteiger partial charge on any atom is 0.339 e. The molecule has 1 aromatic heterocycles. The van der Waals surface area contributed by atoms with Crippen LogP contribution in [0.2, 0.25) is 0 Å². The van der Waals surface area contributed by atoms with Gasteiger partial charge in [0.15, 0.2) is 0 Å². The van der Waals surface area contributed by atoms with Crippen molar-refractivity contribution in [1.29, 1.82) is 0 Å². The third kappa shape index (κ3) is 3.24. The Labute approximate surface area is 109 Å². The Balaban J connectivity index is 1.85. The molecule has 0 aliphatic heterocycles. The number of ether oxygens (including phenoxy) is 1. The van der Waals surface area contributed by atoms with Crippen LogP contribution in [0.4, 0.5) is 5.69 Å². The zero-order valence-corrected chi connectivity index (χ0v) is 10.4. The second kappa shape index (κ2) is 6.07. The Bertz CT molecular complexity index is 511. The summed E-state index contributed by atoms with van der Waals surface area (Å²) in [6.45, 7) is 1.05. The van der Waals surface area contributed by atoms with Gasteiger partial charge in [-0.05, 0) is 23.6 Å². The lowest BCUT2D eigenvalue weighted by molar-refractivity contribution is 0.0692. The van der Waals surface area contributed by atoms with E-state index in [1.54, 1.807) is 29.5 Å². The number of hydrogen-bond acceptors (Lipinski definition) is 4. The van der Waals surface area contributed by atoms with Crippen molar-refractivity contribution < 1.29 is 14.6 Å². The van der Waals surface area contributed by atoms with E-state index in [2.05, 4.69) is 5.32 Å². The molecule has 1 aromatic carbocycles. The Morgan fingerprint density at radius 1 is 1.33 bits per heavy atom. The molecule has 0 aliphatic carbocycles. The largest absolute Gasteiger partial charge is 0.491 e. The fraction of sp³-hybridized carbons (Fsp3) is 0.154. The van der Waals surface area contributed by atoms with E-state index in [0.717, 1.165) is 5.69 Å². The minimum Gasteiger partial charge on any atom is -0.491 e. The molecule has 0 unspecified atom stereocenters. The van der Waals surface area contributed by atoms with Crippen LogP contribution >= 0.6 is 11.3 Å². The second-order valence-electron chi connectivity index (χ2n) is 3.59. The van der Waals surface area contributed by atoms with Gasteiger partial charge in [-0.1, -0.05) is 12.1 Å². The number of benzene rings is 1. The van der Waals surface area contributed by atoms with Crippen LogP contribution in [0.25, 0.3) is 0 Å². The first kappa shape index (κ1) is 12.4. The molecule has 94 valence electrons. The first-order valence-electron chi connectivity index (χ1n) is 5.48. The van der Waals surface area contributed by atoms with Crippen LogP contribution in [0.15, 0.2) is 41.1 Å². The fourth-order valence-electron chi connectivity index (χ4n) is 1.49. The third-order valence-electron chi connectivity index (χ3n) is 2.33. The van der Waals surface area contributed by atoms with Crippen LogP contribution in [0.5, 0.6) is 5.75 Å². The molecule has 18 heavy (non-hydrogen) atoms. The van der Waals surface area contributed by atoms with Gasteiger partial charge in [0.1, 0.15) is 17.9 Å². The van der Waals surface area contributed by atoms with E-state index in [9.17, 15) is 4.79 Å². The number of aromatic carboxylic acids is 1. The summed E-state index contributed by atoms with van der Waals surface area (Å²) >= 11 is 1.62. The van der Waals surface area contributed by atoms with E-state index in [1.165, 1.54) is 6.07 Å². The molecule has 0 amide bonds. The summed E-state index contributed by atoms with van der Waals surface area (Å²) in [5, 5.41) is 16.2. The summed E-state index contributed by atoms with van der Waals surface area (Å²) < 4.78 is 5.46. The van der Waals surface area contributed by atoms with E-state index in [-0.39, 0.29) is 5.56 Å². The number of carboxylic acid groups (broad SMARTS) is 1. The van der Waals surface area contributed by atoms with Crippen molar-refractivity contribution in [2.75, 3.05) is 18.5 Å². The van der Waals surface area contributed by atoms with Crippen molar-refractivity contribution in [1.82, 2.24) is 0 Å². The van der Waals surface area contributed by atoms with Gasteiger partial charge in [-0.3, -0.25) is 0 Å². The summed E-state index contributed by atoms with van der Waals surface area (Å²) in [6, 6.07) is 8.61. The van der Waals surface area contributed by atoms with Gasteiger partial charge in [-0.25, -0.2) is 4.79 Å². The molecule has 4 nitrogen and oxygen atoms in total. The van der Waals surface area contributed by atoms with Crippen LogP contribution < -0.4 is 10.1 Å². The van der Waals surface area contributed by atoms with Crippen LogP contribution in [0.1, 0.15) is 10.4 Å². The lowest BCUT2D eigenvalue weighted by atomic mass is 10.2. The quantitative estimate of drug-likeness (QED) is 0.787. The minimum atomic E-state index is -0.976. The average Bonchev–Trinajstić information content (AvgIpc) is 2.88. The highest BCUT2D eigenvalue weighted by Gasteiger charge is 2.09. The van der Waals surface area contributed by atoms with Crippen LogP contribution in [-0.4, -0.2) is 24.2 Å². The molecule has 0 radical (unpaired) electrons. The van der Waals surface area contributed by atoms with Gasteiger partial charge < -0.3 is 15.2 Å². The molecule has 0 bridgehead atoms. The molecule has 0 saturated carbocycles. The molecular formula is C13H13NO3S.